The van der Waals surface area contributed by atoms with Gasteiger partial charge in [0.25, 0.3) is 0 Å². The van der Waals surface area contributed by atoms with Crippen molar-refractivity contribution >= 4 is 5.69 Å². The van der Waals surface area contributed by atoms with Gasteiger partial charge in [0.15, 0.2) is 0 Å². The third-order valence-electron chi connectivity index (χ3n) is 3.21. The highest BCUT2D eigenvalue weighted by Gasteiger charge is 2.04. The fourth-order valence-electron chi connectivity index (χ4n) is 1.98. The van der Waals surface area contributed by atoms with Gasteiger partial charge in [-0.1, -0.05) is 26.0 Å². The fourth-order valence-corrected chi connectivity index (χ4v) is 1.98. The van der Waals surface area contributed by atoms with E-state index in [0.29, 0.717) is 23.6 Å². The summed E-state index contributed by atoms with van der Waals surface area (Å²) in [5.74, 6) is 0.159. The molecule has 1 N–H and O–H groups in total. The summed E-state index contributed by atoms with van der Waals surface area (Å²) in [6.07, 6.45) is 0. The smallest absolute Gasteiger partial charge is 0.128 e. The van der Waals surface area contributed by atoms with E-state index in [9.17, 15) is 4.39 Å². The average molecular weight is 268 g/mol. The summed E-state index contributed by atoms with van der Waals surface area (Å²) in [6, 6.07) is 14.5. The summed E-state index contributed by atoms with van der Waals surface area (Å²) in [5.41, 5.74) is 3.16. The minimum absolute atomic E-state index is 0.295. The molecule has 0 unspecified atom stereocenters. The van der Waals surface area contributed by atoms with Crippen molar-refractivity contribution < 1.29 is 4.39 Å². The van der Waals surface area contributed by atoms with Crippen LogP contribution in [0.2, 0.25) is 0 Å². The van der Waals surface area contributed by atoms with Crippen LogP contribution in [0, 0.1) is 17.1 Å². The molecule has 2 aromatic carbocycles. The Morgan fingerprint density at radius 2 is 2.00 bits per heavy atom. The van der Waals surface area contributed by atoms with Crippen LogP contribution in [0.5, 0.6) is 0 Å². The molecule has 0 fully saturated rings. The van der Waals surface area contributed by atoms with Gasteiger partial charge in [-0.2, -0.15) is 5.26 Å². The van der Waals surface area contributed by atoms with Crippen molar-refractivity contribution in [2.45, 2.75) is 26.3 Å². The second-order valence-corrected chi connectivity index (χ2v) is 5.05. The molecule has 0 saturated carbocycles. The summed E-state index contributed by atoms with van der Waals surface area (Å²) in [7, 11) is 0. The van der Waals surface area contributed by atoms with Crippen molar-refractivity contribution in [2.75, 3.05) is 5.32 Å². The molecule has 2 nitrogen and oxygen atoms in total. The van der Waals surface area contributed by atoms with Crippen LogP contribution in [0.1, 0.15) is 36.5 Å². The SMILES string of the molecule is CC(C)c1cccc(NCc2cc(C#N)ccc2F)c1. The molecule has 0 aromatic heterocycles. The predicted molar refractivity (Wildman–Crippen MR) is 79.0 cm³/mol. The molecule has 0 saturated heterocycles. The Labute approximate surface area is 118 Å². The second kappa shape index (κ2) is 6.21. The third kappa shape index (κ3) is 3.36. The minimum Gasteiger partial charge on any atom is -0.381 e. The zero-order chi connectivity index (χ0) is 14.5. The number of rotatable bonds is 4. The van der Waals surface area contributed by atoms with Gasteiger partial charge in [0, 0.05) is 17.8 Å². The van der Waals surface area contributed by atoms with Gasteiger partial charge >= 0.3 is 0 Å². The number of halogens is 1. The van der Waals surface area contributed by atoms with Gasteiger partial charge in [-0.25, -0.2) is 4.39 Å². The molecule has 0 heterocycles. The molecular formula is C17H17FN2. The number of hydrogen-bond acceptors (Lipinski definition) is 2. The van der Waals surface area contributed by atoms with E-state index in [-0.39, 0.29) is 5.82 Å². The first-order chi connectivity index (χ1) is 9.60. The van der Waals surface area contributed by atoms with E-state index in [0.717, 1.165) is 5.69 Å². The predicted octanol–water partition coefficient (Wildman–Crippen LogP) is 4.43. The molecule has 0 aliphatic rings. The highest BCUT2D eigenvalue weighted by Crippen LogP contribution is 2.19. The second-order valence-electron chi connectivity index (χ2n) is 5.05. The fraction of sp³-hybridized carbons (Fsp3) is 0.235. The molecule has 2 rings (SSSR count). The first-order valence-corrected chi connectivity index (χ1v) is 6.62. The largest absolute Gasteiger partial charge is 0.381 e. The van der Waals surface area contributed by atoms with Crippen LogP contribution in [-0.2, 0) is 6.54 Å². The van der Waals surface area contributed by atoms with E-state index in [4.69, 9.17) is 5.26 Å². The van der Waals surface area contributed by atoms with Gasteiger partial charge in [0.1, 0.15) is 5.82 Å². The quantitative estimate of drug-likeness (QED) is 0.890. The van der Waals surface area contributed by atoms with E-state index in [1.54, 1.807) is 6.07 Å². The Bertz CT molecular complexity index is 642. The zero-order valence-electron chi connectivity index (χ0n) is 11.7. The van der Waals surface area contributed by atoms with Gasteiger partial charge in [-0.05, 0) is 41.8 Å². The summed E-state index contributed by atoms with van der Waals surface area (Å²) in [5, 5.41) is 12.0. The molecule has 0 atom stereocenters. The first-order valence-electron chi connectivity index (χ1n) is 6.62. The average Bonchev–Trinajstić information content (AvgIpc) is 2.46. The number of anilines is 1. The maximum absolute atomic E-state index is 13.7. The van der Waals surface area contributed by atoms with Crippen molar-refractivity contribution in [1.29, 1.82) is 5.26 Å². The molecule has 0 aliphatic heterocycles. The number of nitrogens with zero attached hydrogens (tertiary/aromatic N) is 1. The molecule has 0 aliphatic carbocycles. The molecule has 20 heavy (non-hydrogen) atoms. The van der Waals surface area contributed by atoms with Crippen molar-refractivity contribution in [1.82, 2.24) is 0 Å². The van der Waals surface area contributed by atoms with Crippen molar-refractivity contribution in [3.05, 3.63) is 65.0 Å². The van der Waals surface area contributed by atoms with Crippen LogP contribution in [0.15, 0.2) is 42.5 Å². The highest BCUT2D eigenvalue weighted by molar-refractivity contribution is 5.47. The third-order valence-corrected chi connectivity index (χ3v) is 3.21. The van der Waals surface area contributed by atoms with Gasteiger partial charge in [0.2, 0.25) is 0 Å². The lowest BCUT2D eigenvalue weighted by molar-refractivity contribution is 0.612. The summed E-state index contributed by atoms with van der Waals surface area (Å²) in [4.78, 5) is 0. The molecule has 0 amide bonds. The lowest BCUT2D eigenvalue weighted by atomic mass is 10.0. The molecule has 2 aromatic rings. The number of nitriles is 1. The standard InChI is InChI=1S/C17H17FN2/c1-12(2)14-4-3-5-16(9-14)20-11-15-8-13(10-19)6-7-17(15)18/h3-9,12,20H,11H2,1-2H3. The summed E-state index contributed by atoms with van der Waals surface area (Å²) < 4.78 is 13.7. The zero-order valence-corrected chi connectivity index (χ0v) is 11.7. The molecular weight excluding hydrogens is 251 g/mol. The topological polar surface area (TPSA) is 35.8 Å². The van der Waals surface area contributed by atoms with Crippen LogP contribution < -0.4 is 5.32 Å². The highest BCUT2D eigenvalue weighted by atomic mass is 19.1. The van der Waals surface area contributed by atoms with E-state index in [1.807, 2.05) is 18.2 Å². The summed E-state index contributed by atoms with van der Waals surface area (Å²) >= 11 is 0. The van der Waals surface area contributed by atoms with Crippen LogP contribution in [0.3, 0.4) is 0 Å². The van der Waals surface area contributed by atoms with E-state index < -0.39 is 0 Å². The van der Waals surface area contributed by atoms with Crippen LogP contribution in [0.4, 0.5) is 10.1 Å². The molecule has 102 valence electrons. The number of nitrogens with one attached hydrogen (secondary N) is 1. The molecule has 0 spiro atoms. The normalized spacial score (nSPS) is 10.3. The number of benzene rings is 2. The Morgan fingerprint density at radius 1 is 1.20 bits per heavy atom. The Kier molecular flexibility index (Phi) is 4.37. The Balaban J connectivity index is 2.13. The van der Waals surface area contributed by atoms with Crippen molar-refractivity contribution in [3.63, 3.8) is 0 Å². The minimum atomic E-state index is -0.295. The maximum atomic E-state index is 13.7. The van der Waals surface area contributed by atoms with E-state index in [2.05, 4.69) is 31.3 Å². The van der Waals surface area contributed by atoms with Gasteiger partial charge < -0.3 is 5.32 Å². The summed E-state index contributed by atoms with van der Waals surface area (Å²) in [6.45, 7) is 4.63. The van der Waals surface area contributed by atoms with Gasteiger partial charge in [-0.3, -0.25) is 0 Å². The molecule has 0 bridgehead atoms. The van der Waals surface area contributed by atoms with Gasteiger partial charge in [0.05, 0.1) is 11.6 Å². The van der Waals surface area contributed by atoms with Crippen molar-refractivity contribution in [2.24, 2.45) is 0 Å². The van der Waals surface area contributed by atoms with Crippen molar-refractivity contribution in [3.8, 4) is 6.07 Å². The van der Waals surface area contributed by atoms with Crippen LogP contribution >= 0.6 is 0 Å². The van der Waals surface area contributed by atoms with E-state index in [1.165, 1.54) is 17.7 Å². The number of hydrogen-bond donors (Lipinski definition) is 1. The Morgan fingerprint density at radius 3 is 2.70 bits per heavy atom. The monoisotopic (exact) mass is 268 g/mol. The lowest BCUT2D eigenvalue weighted by Gasteiger charge is -2.11. The Hall–Kier alpha value is -2.34. The van der Waals surface area contributed by atoms with E-state index >= 15 is 0 Å². The molecule has 0 radical (unpaired) electrons. The maximum Gasteiger partial charge on any atom is 0.128 e. The molecule has 3 heteroatoms. The lowest BCUT2D eigenvalue weighted by Crippen LogP contribution is -2.03. The van der Waals surface area contributed by atoms with Crippen LogP contribution in [0.25, 0.3) is 0 Å². The first kappa shape index (κ1) is 14.1. The van der Waals surface area contributed by atoms with Gasteiger partial charge in [-0.15, -0.1) is 0 Å². The van der Waals surface area contributed by atoms with Crippen LogP contribution in [-0.4, -0.2) is 0 Å².